The number of carbonyl (C=O) groups excluding carboxylic acids is 1. The van der Waals surface area contributed by atoms with Crippen molar-refractivity contribution in [3.63, 3.8) is 0 Å². The number of benzene rings is 3. The number of rotatable bonds is 6. The first-order valence-electron chi connectivity index (χ1n) is 10.5. The highest BCUT2D eigenvalue weighted by Crippen LogP contribution is 2.42. The Bertz CT molecular complexity index is 1440. The summed E-state index contributed by atoms with van der Waals surface area (Å²) in [5.41, 5.74) is 0.959. The van der Waals surface area contributed by atoms with Crippen LogP contribution in [0.15, 0.2) is 60.7 Å². The van der Waals surface area contributed by atoms with Crippen LogP contribution in [0.4, 0.5) is 36.4 Å². The molecule has 0 aromatic heterocycles. The number of allylic oxidation sites excluding steroid dienone is 1. The number of amides is 1. The predicted molar refractivity (Wildman–Crippen MR) is 133 cm³/mol. The van der Waals surface area contributed by atoms with Crippen molar-refractivity contribution in [1.82, 2.24) is 5.43 Å². The lowest BCUT2D eigenvalue weighted by molar-refractivity contribution is -0.140. The van der Waals surface area contributed by atoms with E-state index in [0.29, 0.717) is 11.6 Å². The molecule has 0 spiro atoms. The molecule has 0 heterocycles. The SMILES string of the molecule is N#Cc1ccc(NNC(=O)c2ccc(/C(F)=C/C(c3cc(Cl)c(Cl)c(Cl)c3)C(F)(F)F)cc2C(F)(F)F)cc1. The van der Waals surface area contributed by atoms with Crippen LogP contribution in [-0.4, -0.2) is 12.1 Å². The zero-order chi connectivity index (χ0) is 29.1. The number of alkyl halides is 6. The average molecular weight is 611 g/mol. The van der Waals surface area contributed by atoms with Gasteiger partial charge in [0.15, 0.2) is 0 Å². The van der Waals surface area contributed by atoms with Gasteiger partial charge in [0.05, 0.1) is 43.5 Å². The van der Waals surface area contributed by atoms with E-state index < -0.39 is 52.3 Å². The van der Waals surface area contributed by atoms with E-state index >= 15 is 0 Å². The number of hydrazine groups is 1. The summed E-state index contributed by atoms with van der Waals surface area (Å²) in [6, 6.07) is 10.6. The van der Waals surface area contributed by atoms with Crippen molar-refractivity contribution in [2.75, 3.05) is 5.43 Å². The lowest BCUT2D eigenvalue weighted by Crippen LogP contribution is -2.31. The molecule has 0 fully saturated rings. The van der Waals surface area contributed by atoms with E-state index in [1.165, 1.54) is 24.3 Å². The van der Waals surface area contributed by atoms with E-state index in [0.717, 1.165) is 18.2 Å². The van der Waals surface area contributed by atoms with Gasteiger partial charge < -0.3 is 0 Å². The summed E-state index contributed by atoms with van der Waals surface area (Å²) in [4.78, 5) is 12.5. The fourth-order valence-electron chi connectivity index (χ4n) is 3.33. The molecule has 0 saturated heterocycles. The highest BCUT2D eigenvalue weighted by atomic mass is 35.5. The molecule has 0 aliphatic carbocycles. The molecule has 204 valence electrons. The van der Waals surface area contributed by atoms with Crippen LogP contribution in [0, 0.1) is 11.3 Å². The Balaban J connectivity index is 1.96. The topological polar surface area (TPSA) is 64.9 Å². The van der Waals surface area contributed by atoms with Crippen LogP contribution in [0.2, 0.25) is 15.1 Å². The number of carbonyl (C=O) groups is 1. The summed E-state index contributed by atoms with van der Waals surface area (Å²) in [6.07, 6.45) is -10.2. The normalized spacial score (nSPS) is 13.0. The highest BCUT2D eigenvalue weighted by Gasteiger charge is 2.41. The standard InChI is InChI=1S/C25H13Cl3F7N3O/c26-19-8-14(9-20(27)22(19)28)17(24(30,31)32)10-21(29)13-3-6-16(18(7-13)25(33,34)35)23(39)38-37-15-4-1-12(11-36)2-5-15/h1-10,17,37H,(H,38,39)/b21-10-. The number of hydrogen-bond donors (Lipinski definition) is 2. The van der Waals surface area contributed by atoms with Gasteiger partial charge in [0.2, 0.25) is 0 Å². The van der Waals surface area contributed by atoms with Crippen molar-refractivity contribution < 1.29 is 35.5 Å². The fourth-order valence-corrected chi connectivity index (χ4v) is 3.94. The van der Waals surface area contributed by atoms with Crippen LogP contribution < -0.4 is 10.9 Å². The van der Waals surface area contributed by atoms with Gasteiger partial charge in [-0.25, -0.2) is 4.39 Å². The van der Waals surface area contributed by atoms with E-state index in [-0.39, 0.29) is 32.9 Å². The molecule has 2 N–H and O–H groups in total. The molecule has 0 aliphatic heterocycles. The Morgan fingerprint density at radius 3 is 2.03 bits per heavy atom. The zero-order valence-corrected chi connectivity index (χ0v) is 21.3. The van der Waals surface area contributed by atoms with Gasteiger partial charge in [0, 0.05) is 5.56 Å². The van der Waals surface area contributed by atoms with Crippen LogP contribution in [0.25, 0.3) is 5.83 Å². The predicted octanol–water partition coefficient (Wildman–Crippen LogP) is 8.95. The van der Waals surface area contributed by atoms with E-state index in [1.54, 1.807) is 0 Å². The second kappa shape index (κ2) is 11.7. The van der Waals surface area contributed by atoms with Crippen molar-refractivity contribution in [2.24, 2.45) is 0 Å². The maximum absolute atomic E-state index is 15.0. The van der Waals surface area contributed by atoms with Gasteiger partial charge in [-0.05, 0) is 60.2 Å². The Hall–Kier alpha value is -3.46. The number of nitrogens with zero attached hydrogens (tertiary/aromatic N) is 1. The molecule has 3 rings (SSSR count). The molecule has 1 amide bonds. The number of hydrogen-bond acceptors (Lipinski definition) is 3. The first-order chi connectivity index (χ1) is 18.1. The Morgan fingerprint density at radius 1 is 0.923 bits per heavy atom. The minimum Gasteiger partial charge on any atom is -0.298 e. The van der Waals surface area contributed by atoms with Gasteiger partial charge in [0.25, 0.3) is 5.91 Å². The van der Waals surface area contributed by atoms with Crippen LogP contribution in [-0.2, 0) is 6.18 Å². The number of anilines is 1. The van der Waals surface area contributed by atoms with Crippen molar-refractivity contribution in [1.29, 1.82) is 5.26 Å². The third-order valence-corrected chi connectivity index (χ3v) is 6.41. The van der Waals surface area contributed by atoms with Gasteiger partial charge in [0.1, 0.15) is 11.7 Å². The smallest absolute Gasteiger partial charge is 0.298 e. The second-order valence-corrected chi connectivity index (χ2v) is 9.05. The largest absolute Gasteiger partial charge is 0.417 e. The summed E-state index contributed by atoms with van der Waals surface area (Å²) in [7, 11) is 0. The first kappa shape index (κ1) is 30.1. The summed E-state index contributed by atoms with van der Waals surface area (Å²) in [5, 5.41) is 7.88. The van der Waals surface area contributed by atoms with Crippen LogP contribution in [0.1, 0.15) is 38.5 Å². The second-order valence-electron chi connectivity index (χ2n) is 7.86. The van der Waals surface area contributed by atoms with Gasteiger partial charge in [-0.15, -0.1) is 0 Å². The molecule has 0 bridgehead atoms. The molecular weight excluding hydrogens is 598 g/mol. The number of nitrogens with one attached hydrogen (secondary N) is 2. The van der Waals surface area contributed by atoms with Gasteiger partial charge in [-0.1, -0.05) is 40.9 Å². The molecular formula is C25H13Cl3F7N3O. The van der Waals surface area contributed by atoms with Crippen molar-refractivity contribution in [3.8, 4) is 6.07 Å². The fraction of sp³-hybridized carbons (Fsp3) is 0.120. The van der Waals surface area contributed by atoms with Crippen LogP contribution in [0.5, 0.6) is 0 Å². The summed E-state index contributed by atoms with van der Waals surface area (Å²) >= 11 is 17.3. The van der Waals surface area contributed by atoms with Crippen LogP contribution >= 0.6 is 34.8 Å². The maximum atomic E-state index is 15.0. The van der Waals surface area contributed by atoms with Gasteiger partial charge >= 0.3 is 12.4 Å². The molecule has 0 radical (unpaired) electrons. The van der Waals surface area contributed by atoms with Crippen LogP contribution in [0.3, 0.4) is 0 Å². The summed E-state index contributed by atoms with van der Waals surface area (Å²) in [5.74, 6) is -5.55. The minimum absolute atomic E-state index is 0.0670. The molecule has 3 aromatic rings. The average Bonchev–Trinajstić information content (AvgIpc) is 2.87. The lowest BCUT2D eigenvalue weighted by Gasteiger charge is -2.19. The van der Waals surface area contributed by atoms with Gasteiger partial charge in [-0.2, -0.15) is 31.6 Å². The summed E-state index contributed by atoms with van der Waals surface area (Å²) in [6.45, 7) is 0. The maximum Gasteiger partial charge on any atom is 0.417 e. The number of halogens is 10. The van der Waals surface area contributed by atoms with Gasteiger partial charge in [-0.3, -0.25) is 15.6 Å². The highest BCUT2D eigenvalue weighted by molar-refractivity contribution is 6.48. The molecule has 1 atom stereocenters. The third-order valence-electron chi connectivity index (χ3n) is 5.21. The quantitative estimate of drug-likeness (QED) is 0.166. The van der Waals surface area contributed by atoms with E-state index in [9.17, 15) is 35.5 Å². The molecule has 14 heteroatoms. The Kier molecular flexibility index (Phi) is 9.05. The van der Waals surface area contributed by atoms with E-state index in [1.807, 2.05) is 11.5 Å². The monoisotopic (exact) mass is 609 g/mol. The summed E-state index contributed by atoms with van der Waals surface area (Å²) < 4.78 is 97.5. The van der Waals surface area contributed by atoms with E-state index in [4.69, 9.17) is 40.1 Å². The molecule has 3 aromatic carbocycles. The Morgan fingerprint density at radius 2 is 1.51 bits per heavy atom. The molecule has 0 saturated carbocycles. The van der Waals surface area contributed by atoms with Crippen molar-refractivity contribution in [2.45, 2.75) is 18.3 Å². The van der Waals surface area contributed by atoms with Crippen molar-refractivity contribution in [3.05, 3.63) is 104 Å². The molecule has 1 unspecified atom stereocenters. The molecule has 4 nitrogen and oxygen atoms in total. The first-order valence-corrected chi connectivity index (χ1v) is 11.6. The van der Waals surface area contributed by atoms with Crippen molar-refractivity contribution >= 4 is 52.2 Å². The lowest BCUT2D eigenvalue weighted by atomic mass is 9.95. The minimum atomic E-state index is -5.17. The molecule has 39 heavy (non-hydrogen) atoms. The third kappa shape index (κ3) is 7.35. The zero-order valence-electron chi connectivity index (χ0n) is 19.0. The Labute approximate surface area is 231 Å². The van der Waals surface area contributed by atoms with E-state index in [2.05, 4.69) is 5.43 Å². The molecule has 0 aliphatic rings. The number of nitriles is 1.